The van der Waals surface area contributed by atoms with Gasteiger partial charge in [0.25, 0.3) is 0 Å². The SMILES string of the molecule is Cc1cccc(C(N)Cc2ccc3c(c2)CCC3)c1Br. The molecule has 0 heterocycles. The Bertz CT molecular complexity index is 633. The van der Waals surface area contributed by atoms with Crippen molar-refractivity contribution in [3.05, 3.63) is 68.7 Å². The first-order valence-electron chi connectivity index (χ1n) is 7.26. The molecule has 1 unspecified atom stereocenters. The summed E-state index contributed by atoms with van der Waals surface area (Å²) in [6.45, 7) is 2.11. The monoisotopic (exact) mass is 329 g/mol. The van der Waals surface area contributed by atoms with Gasteiger partial charge in [0.05, 0.1) is 0 Å². The first-order valence-corrected chi connectivity index (χ1v) is 8.05. The standard InChI is InChI=1S/C18H20BrN/c1-12-4-2-7-16(18(12)19)17(20)11-13-8-9-14-5-3-6-15(14)10-13/h2,4,7-10,17H,3,5-6,11,20H2,1H3. The maximum absolute atomic E-state index is 6.41. The minimum absolute atomic E-state index is 0.0451. The van der Waals surface area contributed by atoms with Crippen LogP contribution in [0.5, 0.6) is 0 Å². The van der Waals surface area contributed by atoms with E-state index in [9.17, 15) is 0 Å². The van der Waals surface area contributed by atoms with Gasteiger partial charge in [-0.1, -0.05) is 52.3 Å². The fourth-order valence-corrected chi connectivity index (χ4v) is 3.63. The fourth-order valence-electron chi connectivity index (χ4n) is 3.07. The van der Waals surface area contributed by atoms with Gasteiger partial charge < -0.3 is 5.73 Å². The van der Waals surface area contributed by atoms with Crippen LogP contribution in [0.4, 0.5) is 0 Å². The molecule has 2 heteroatoms. The highest BCUT2D eigenvalue weighted by atomic mass is 79.9. The van der Waals surface area contributed by atoms with Crippen LogP contribution in [0.1, 0.15) is 40.3 Å². The lowest BCUT2D eigenvalue weighted by Crippen LogP contribution is -2.14. The van der Waals surface area contributed by atoms with E-state index in [-0.39, 0.29) is 6.04 Å². The highest BCUT2D eigenvalue weighted by Crippen LogP contribution is 2.29. The molecule has 0 aliphatic heterocycles. The first-order chi connectivity index (χ1) is 9.65. The predicted octanol–water partition coefficient (Wildman–Crippen LogP) is 4.49. The molecule has 2 N–H and O–H groups in total. The van der Waals surface area contributed by atoms with E-state index in [1.807, 2.05) is 0 Å². The van der Waals surface area contributed by atoms with Crippen LogP contribution in [0.3, 0.4) is 0 Å². The minimum Gasteiger partial charge on any atom is -0.324 e. The highest BCUT2D eigenvalue weighted by molar-refractivity contribution is 9.10. The van der Waals surface area contributed by atoms with Gasteiger partial charge in [-0.15, -0.1) is 0 Å². The molecule has 1 aliphatic carbocycles. The molecule has 104 valence electrons. The Morgan fingerprint density at radius 1 is 1.15 bits per heavy atom. The van der Waals surface area contributed by atoms with Crippen molar-refractivity contribution >= 4 is 15.9 Å². The van der Waals surface area contributed by atoms with E-state index >= 15 is 0 Å². The minimum atomic E-state index is 0.0451. The van der Waals surface area contributed by atoms with Crippen molar-refractivity contribution in [2.45, 2.75) is 38.6 Å². The number of hydrogen-bond acceptors (Lipinski definition) is 1. The molecule has 0 amide bonds. The lowest BCUT2D eigenvalue weighted by molar-refractivity contribution is 0.716. The summed E-state index contributed by atoms with van der Waals surface area (Å²) in [6.07, 6.45) is 4.67. The second kappa shape index (κ2) is 5.71. The van der Waals surface area contributed by atoms with Gasteiger partial charge in [0, 0.05) is 10.5 Å². The molecule has 20 heavy (non-hydrogen) atoms. The van der Waals surface area contributed by atoms with Crippen LogP contribution in [0.15, 0.2) is 40.9 Å². The zero-order valence-electron chi connectivity index (χ0n) is 11.8. The maximum Gasteiger partial charge on any atom is 0.0347 e. The van der Waals surface area contributed by atoms with Gasteiger partial charge in [0.2, 0.25) is 0 Å². The summed E-state index contributed by atoms with van der Waals surface area (Å²) in [5, 5.41) is 0. The number of hydrogen-bond donors (Lipinski definition) is 1. The Labute approximate surface area is 129 Å². The number of halogens is 1. The quantitative estimate of drug-likeness (QED) is 0.882. The van der Waals surface area contributed by atoms with Gasteiger partial charge in [0.15, 0.2) is 0 Å². The Kier molecular flexibility index (Phi) is 3.95. The Balaban J connectivity index is 1.82. The summed E-state index contributed by atoms with van der Waals surface area (Å²) in [5.74, 6) is 0. The number of benzene rings is 2. The van der Waals surface area contributed by atoms with Crippen LogP contribution >= 0.6 is 15.9 Å². The summed E-state index contributed by atoms with van der Waals surface area (Å²) in [6, 6.07) is 13.2. The van der Waals surface area contributed by atoms with E-state index in [1.54, 1.807) is 0 Å². The van der Waals surface area contributed by atoms with Crippen LogP contribution in [-0.4, -0.2) is 0 Å². The number of nitrogens with two attached hydrogens (primary N) is 1. The molecule has 0 fully saturated rings. The molecule has 3 rings (SSSR count). The number of aryl methyl sites for hydroxylation is 3. The molecule has 0 saturated heterocycles. The molecular formula is C18H20BrN. The van der Waals surface area contributed by atoms with E-state index < -0.39 is 0 Å². The molecule has 1 aliphatic rings. The Morgan fingerprint density at radius 2 is 1.95 bits per heavy atom. The number of fused-ring (bicyclic) bond motifs is 1. The third-order valence-corrected chi connectivity index (χ3v) is 5.32. The summed E-state index contributed by atoms with van der Waals surface area (Å²) >= 11 is 3.66. The van der Waals surface area contributed by atoms with Crippen molar-refractivity contribution in [2.24, 2.45) is 5.73 Å². The molecule has 1 atom stereocenters. The van der Waals surface area contributed by atoms with Gasteiger partial charge in [0.1, 0.15) is 0 Å². The molecular weight excluding hydrogens is 310 g/mol. The van der Waals surface area contributed by atoms with Gasteiger partial charge in [-0.25, -0.2) is 0 Å². The van der Waals surface area contributed by atoms with Crippen LogP contribution in [0.25, 0.3) is 0 Å². The summed E-state index contributed by atoms with van der Waals surface area (Å²) in [4.78, 5) is 0. The van der Waals surface area contributed by atoms with Crippen LogP contribution in [-0.2, 0) is 19.3 Å². The Hall–Kier alpha value is -1.12. The van der Waals surface area contributed by atoms with E-state index in [1.165, 1.54) is 47.1 Å². The molecule has 0 spiro atoms. The smallest absolute Gasteiger partial charge is 0.0347 e. The van der Waals surface area contributed by atoms with Crippen molar-refractivity contribution in [3.8, 4) is 0 Å². The zero-order chi connectivity index (χ0) is 14.1. The predicted molar refractivity (Wildman–Crippen MR) is 88.0 cm³/mol. The summed E-state index contributed by atoms with van der Waals surface area (Å²) in [5.41, 5.74) is 13.3. The van der Waals surface area contributed by atoms with E-state index in [4.69, 9.17) is 5.73 Å². The largest absolute Gasteiger partial charge is 0.324 e. The third kappa shape index (κ3) is 2.68. The van der Waals surface area contributed by atoms with Gasteiger partial charge in [-0.3, -0.25) is 0 Å². The lowest BCUT2D eigenvalue weighted by atomic mass is 9.96. The number of rotatable bonds is 3. The molecule has 2 aromatic carbocycles. The topological polar surface area (TPSA) is 26.0 Å². The van der Waals surface area contributed by atoms with E-state index in [0.717, 1.165) is 10.9 Å². The maximum atomic E-state index is 6.41. The van der Waals surface area contributed by atoms with Crippen LogP contribution < -0.4 is 5.73 Å². The van der Waals surface area contributed by atoms with Crippen LogP contribution in [0, 0.1) is 6.92 Å². The average molecular weight is 330 g/mol. The van der Waals surface area contributed by atoms with E-state index in [2.05, 4.69) is 59.3 Å². The van der Waals surface area contributed by atoms with Crippen molar-refractivity contribution in [2.75, 3.05) is 0 Å². The molecule has 0 radical (unpaired) electrons. The zero-order valence-corrected chi connectivity index (χ0v) is 13.4. The fraction of sp³-hybridized carbons (Fsp3) is 0.333. The second-order valence-corrected chi connectivity index (χ2v) is 6.54. The van der Waals surface area contributed by atoms with Crippen molar-refractivity contribution < 1.29 is 0 Å². The van der Waals surface area contributed by atoms with E-state index in [0.29, 0.717) is 0 Å². The van der Waals surface area contributed by atoms with Gasteiger partial charge in [-0.05, 0) is 60.4 Å². The molecule has 0 aromatic heterocycles. The molecule has 2 aromatic rings. The third-order valence-electron chi connectivity index (χ3n) is 4.24. The van der Waals surface area contributed by atoms with Crippen molar-refractivity contribution in [1.29, 1.82) is 0 Å². The second-order valence-electron chi connectivity index (χ2n) is 5.75. The van der Waals surface area contributed by atoms with Crippen molar-refractivity contribution in [1.82, 2.24) is 0 Å². The normalized spacial score (nSPS) is 15.2. The summed E-state index contributed by atoms with van der Waals surface area (Å²) in [7, 11) is 0. The molecule has 0 saturated carbocycles. The molecule has 1 nitrogen and oxygen atoms in total. The Morgan fingerprint density at radius 3 is 2.80 bits per heavy atom. The molecule has 0 bridgehead atoms. The van der Waals surface area contributed by atoms with Crippen molar-refractivity contribution in [3.63, 3.8) is 0 Å². The first kappa shape index (κ1) is 13.8. The lowest BCUT2D eigenvalue weighted by Gasteiger charge is -2.16. The average Bonchev–Trinajstić information content (AvgIpc) is 2.89. The van der Waals surface area contributed by atoms with Gasteiger partial charge in [-0.2, -0.15) is 0 Å². The van der Waals surface area contributed by atoms with Crippen LogP contribution in [0.2, 0.25) is 0 Å². The highest BCUT2D eigenvalue weighted by Gasteiger charge is 2.15. The van der Waals surface area contributed by atoms with Gasteiger partial charge >= 0.3 is 0 Å². The summed E-state index contributed by atoms with van der Waals surface area (Å²) < 4.78 is 1.15.